The number of carbonyl (C=O) groups is 1. The van der Waals surface area contributed by atoms with Crippen LogP contribution in [0, 0.1) is 0 Å². The highest BCUT2D eigenvalue weighted by Crippen LogP contribution is 2.26. The highest BCUT2D eigenvalue weighted by molar-refractivity contribution is 5.69. The Morgan fingerprint density at radius 2 is 1.09 bits per heavy atom. The lowest BCUT2D eigenvalue weighted by molar-refractivity contribution is -0.332. The first-order valence-corrected chi connectivity index (χ1v) is 20.8. The van der Waals surface area contributed by atoms with Gasteiger partial charge in [0.2, 0.25) is 0 Å². The summed E-state index contributed by atoms with van der Waals surface area (Å²) in [6.45, 7) is 3.57. The summed E-state index contributed by atoms with van der Waals surface area (Å²) in [5.41, 5.74) is 0. The minimum atomic E-state index is -1.70. The molecule has 0 aromatic carbocycles. The highest BCUT2D eigenvalue weighted by Gasteiger charge is 2.47. The number of carbonyl (C=O) groups excluding carboxylic acids is 1. The molecule has 0 radical (unpaired) electrons. The number of unbranched alkanes of at least 4 members (excludes halogenated alkanes) is 15. The lowest BCUT2D eigenvalue weighted by Gasteiger charge is -2.42. The van der Waals surface area contributed by atoms with Gasteiger partial charge < -0.3 is 64.2 Å². The predicted octanol–water partition coefficient (Wildman–Crippen LogP) is 3.56. The van der Waals surface area contributed by atoms with Gasteiger partial charge in [0.05, 0.1) is 26.4 Å². The number of esters is 1. The molecule has 0 saturated carbocycles. The van der Waals surface area contributed by atoms with Crippen molar-refractivity contribution in [1.29, 1.82) is 0 Å². The lowest BCUT2D eigenvalue weighted by atomic mass is 9.98. The molecule has 318 valence electrons. The third kappa shape index (κ3) is 19.3. The standard InChI is InChI=1S/C40H74O14/c1-3-5-7-9-11-12-13-14-15-16-17-18-20-22-24-49-26-29(52-32(42)23-21-19-10-8-6-4-2)27-50-39-38(48)36(46)34(44)31(54-39)28-51-40-37(47)35(45)33(43)30(25-41)53-40/h12-13,29-31,33-41,43-48H,3-11,14-28H2,1-2H3/b13-12-. The van der Waals surface area contributed by atoms with Gasteiger partial charge in [-0.05, 0) is 38.5 Å². The molecule has 0 aromatic heterocycles. The van der Waals surface area contributed by atoms with Crippen LogP contribution in [-0.4, -0.2) is 142 Å². The van der Waals surface area contributed by atoms with Gasteiger partial charge >= 0.3 is 5.97 Å². The summed E-state index contributed by atoms with van der Waals surface area (Å²) in [5, 5.41) is 71.5. The van der Waals surface area contributed by atoms with Gasteiger partial charge in [-0.2, -0.15) is 0 Å². The van der Waals surface area contributed by atoms with Crippen molar-refractivity contribution in [3.8, 4) is 0 Å². The molecule has 0 amide bonds. The third-order valence-electron chi connectivity index (χ3n) is 10.0. The normalized spacial score (nSPS) is 29.5. The molecule has 0 aliphatic carbocycles. The first-order valence-electron chi connectivity index (χ1n) is 20.8. The van der Waals surface area contributed by atoms with Crippen LogP contribution >= 0.6 is 0 Å². The molecular weight excluding hydrogens is 704 g/mol. The molecule has 0 aromatic rings. The van der Waals surface area contributed by atoms with Crippen LogP contribution in [0.5, 0.6) is 0 Å². The average Bonchev–Trinajstić information content (AvgIpc) is 3.17. The number of ether oxygens (including phenoxy) is 6. The Balaban J connectivity index is 1.81. The molecule has 14 nitrogen and oxygen atoms in total. The summed E-state index contributed by atoms with van der Waals surface area (Å²) < 4.78 is 33.9. The predicted molar refractivity (Wildman–Crippen MR) is 201 cm³/mol. The molecule has 11 unspecified atom stereocenters. The average molecular weight is 779 g/mol. The summed E-state index contributed by atoms with van der Waals surface area (Å²) >= 11 is 0. The van der Waals surface area contributed by atoms with E-state index in [1.807, 2.05) is 0 Å². The van der Waals surface area contributed by atoms with E-state index in [1.165, 1.54) is 57.8 Å². The second-order valence-electron chi connectivity index (χ2n) is 14.8. The van der Waals surface area contributed by atoms with E-state index in [9.17, 15) is 40.5 Å². The zero-order valence-corrected chi connectivity index (χ0v) is 33.0. The highest BCUT2D eigenvalue weighted by atomic mass is 16.7. The van der Waals surface area contributed by atoms with E-state index < -0.39 is 80.7 Å². The summed E-state index contributed by atoms with van der Waals surface area (Å²) in [6, 6.07) is 0. The SMILES string of the molecule is CCCCCC/C=C\CCCCCCCCOCC(COC1OC(COC2OC(CO)C(O)C(O)C2O)C(O)C(O)C1O)OC(=O)CCCCCCCC. The molecule has 2 aliphatic heterocycles. The summed E-state index contributed by atoms with van der Waals surface area (Å²) in [4.78, 5) is 12.7. The summed E-state index contributed by atoms with van der Waals surface area (Å²) in [5.74, 6) is -0.389. The van der Waals surface area contributed by atoms with Crippen molar-refractivity contribution in [3.05, 3.63) is 12.2 Å². The second-order valence-corrected chi connectivity index (χ2v) is 14.8. The van der Waals surface area contributed by atoms with E-state index >= 15 is 0 Å². The molecule has 7 N–H and O–H groups in total. The van der Waals surface area contributed by atoms with Crippen LogP contribution < -0.4 is 0 Å². The fraction of sp³-hybridized carbons (Fsp3) is 0.925. The van der Waals surface area contributed by atoms with Crippen LogP contribution in [0.25, 0.3) is 0 Å². The molecule has 2 heterocycles. The molecule has 54 heavy (non-hydrogen) atoms. The molecule has 14 heteroatoms. The van der Waals surface area contributed by atoms with Gasteiger partial charge in [0, 0.05) is 13.0 Å². The van der Waals surface area contributed by atoms with E-state index in [1.54, 1.807) is 0 Å². The second kappa shape index (κ2) is 29.9. The zero-order chi connectivity index (χ0) is 39.6. The fourth-order valence-corrected chi connectivity index (χ4v) is 6.51. The third-order valence-corrected chi connectivity index (χ3v) is 10.0. The molecule has 0 spiro atoms. The number of rotatable bonds is 31. The van der Waals surface area contributed by atoms with Gasteiger partial charge in [-0.1, -0.05) is 103 Å². The molecule has 11 atom stereocenters. The quantitative estimate of drug-likeness (QED) is 0.0305. The number of aliphatic hydroxyl groups is 7. The number of allylic oxidation sites excluding steroid dienone is 2. The Bertz CT molecular complexity index is 954. The van der Waals surface area contributed by atoms with E-state index in [-0.39, 0.29) is 25.6 Å². The Morgan fingerprint density at radius 3 is 1.70 bits per heavy atom. The zero-order valence-electron chi connectivity index (χ0n) is 33.0. The van der Waals surface area contributed by atoms with Crippen molar-refractivity contribution in [2.24, 2.45) is 0 Å². The Hall–Kier alpha value is -1.27. The maximum absolute atomic E-state index is 12.7. The van der Waals surface area contributed by atoms with Crippen molar-refractivity contribution < 1.29 is 69.0 Å². The monoisotopic (exact) mass is 779 g/mol. The van der Waals surface area contributed by atoms with Crippen LogP contribution in [0.1, 0.15) is 136 Å². The van der Waals surface area contributed by atoms with E-state index in [2.05, 4.69) is 26.0 Å². The van der Waals surface area contributed by atoms with E-state index in [0.717, 1.165) is 51.4 Å². The van der Waals surface area contributed by atoms with E-state index in [4.69, 9.17) is 28.4 Å². The van der Waals surface area contributed by atoms with Crippen LogP contribution in [0.4, 0.5) is 0 Å². The van der Waals surface area contributed by atoms with Gasteiger partial charge in [-0.15, -0.1) is 0 Å². The minimum absolute atomic E-state index is 0.0602. The Kier molecular flexibility index (Phi) is 27.1. The van der Waals surface area contributed by atoms with Gasteiger partial charge in [0.15, 0.2) is 12.6 Å². The van der Waals surface area contributed by atoms with Gasteiger partial charge in [-0.25, -0.2) is 0 Å². The van der Waals surface area contributed by atoms with Crippen LogP contribution in [0.2, 0.25) is 0 Å². The molecule has 0 bridgehead atoms. The topological polar surface area (TPSA) is 214 Å². The number of hydrogen-bond acceptors (Lipinski definition) is 14. The van der Waals surface area contributed by atoms with Gasteiger partial charge in [0.1, 0.15) is 54.9 Å². The first-order chi connectivity index (χ1) is 26.1. The van der Waals surface area contributed by atoms with Crippen LogP contribution in [0.3, 0.4) is 0 Å². The number of aliphatic hydroxyl groups excluding tert-OH is 7. The van der Waals surface area contributed by atoms with Crippen LogP contribution in [0.15, 0.2) is 12.2 Å². The molecule has 2 fully saturated rings. The van der Waals surface area contributed by atoms with Crippen LogP contribution in [-0.2, 0) is 33.2 Å². The maximum atomic E-state index is 12.7. The smallest absolute Gasteiger partial charge is 0.306 e. The maximum Gasteiger partial charge on any atom is 0.306 e. The fourth-order valence-electron chi connectivity index (χ4n) is 6.51. The van der Waals surface area contributed by atoms with Crippen molar-refractivity contribution >= 4 is 5.97 Å². The molecule has 2 aliphatic rings. The van der Waals surface area contributed by atoms with Crippen molar-refractivity contribution in [2.75, 3.05) is 33.0 Å². The molecule has 2 rings (SSSR count). The van der Waals surface area contributed by atoms with Crippen molar-refractivity contribution in [2.45, 2.75) is 203 Å². The lowest BCUT2D eigenvalue weighted by Crippen LogP contribution is -2.61. The van der Waals surface area contributed by atoms with Crippen molar-refractivity contribution in [1.82, 2.24) is 0 Å². The Morgan fingerprint density at radius 1 is 0.593 bits per heavy atom. The largest absolute Gasteiger partial charge is 0.457 e. The van der Waals surface area contributed by atoms with Gasteiger partial charge in [0.25, 0.3) is 0 Å². The molecular formula is C40H74O14. The number of hydrogen-bond donors (Lipinski definition) is 7. The van der Waals surface area contributed by atoms with E-state index in [0.29, 0.717) is 13.0 Å². The summed E-state index contributed by atoms with van der Waals surface area (Å²) in [7, 11) is 0. The minimum Gasteiger partial charge on any atom is -0.457 e. The van der Waals surface area contributed by atoms with Crippen molar-refractivity contribution in [3.63, 3.8) is 0 Å². The first kappa shape index (κ1) is 48.9. The summed E-state index contributed by atoms with van der Waals surface area (Å²) in [6.07, 6.45) is 8.96. The van der Waals surface area contributed by atoms with Gasteiger partial charge in [-0.3, -0.25) is 4.79 Å². The molecule has 2 saturated heterocycles. The Labute approximate surface area is 323 Å².